The second-order valence-electron chi connectivity index (χ2n) is 5.44. The predicted molar refractivity (Wildman–Crippen MR) is 85.3 cm³/mol. The van der Waals surface area contributed by atoms with Crippen molar-refractivity contribution in [2.24, 2.45) is 13.0 Å². The number of hydrogen-bond donors (Lipinski definition) is 1. The van der Waals surface area contributed by atoms with Gasteiger partial charge in [-0.25, -0.2) is 0 Å². The van der Waals surface area contributed by atoms with Gasteiger partial charge in [-0.15, -0.1) is 0 Å². The minimum Gasteiger partial charge on any atom is -0.495 e. The van der Waals surface area contributed by atoms with Gasteiger partial charge in [0.15, 0.2) is 5.82 Å². The van der Waals surface area contributed by atoms with E-state index in [1.165, 1.54) is 0 Å². The van der Waals surface area contributed by atoms with Crippen LogP contribution < -0.4 is 15.0 Å². The summed E-state index contributed by atoms with van der Waals surface area (Å²) >= 11 is 0. The Labute approximate surface area is 133 Å². The lowest BCUT2D eigenvalue weighted by atomic mass is 10.1. The summed E-state index contributed by atoms with van der Waals surface area (Å²) in [5.41, 5.74) is 0.688. The summed E-state index contributed by atoms with van der Waals surface area (Å²) in [6.45, 7) is 0.331. The fraction of sp³-hybridized carbons (Fsp3) is 0.312. The lowest BCUT2D eigenvalue weighted by Crippen LogP contribution is -2.28. The Hall–Kier alpha value is -2.83. The van der Waals surface area contributed by atoms with Crippen LogP contribution in [0.1, 0.15) is 6.42 Å². The molecule has 1 aromatic carbocycles. The number of carbonyl (C=O) groups is 2. The summed E-state index contributed by atoms with van der Waals surface area (Å²) in [5, 5.41) is 6.86. The fourth-order valence-electron chi connectivity index (χ4n) is 2.68. The lowest BCUT2D eigenvalue weighted by molar-refractivity contribution is -0.122. The van der Waals surface area contributed by atoms with Crippen molar-refractivity contribution in [3.05, 3.63) is 36.5 Å². The van der Waals surface area contributed by atoms with Crippen molar-refractivity contribution in [2.45, 2.75) is 6.42 Å². The standard InChI is InChI=1S/C16H18N4O3/c1-19-8-7-14(18-19)17-16(22)11-9-15(21)20(10-11)12-5-3-4-6-13(12)23-2/h3-8,11H,9-10H2,1-2H3,(H,17,18,22)/t11-/m0/s1. The van der Waals surface area contributed by atoms with E-state index in [1.807, 2.05) is 18.2 Å². The summed E-state index contributed by atoms with van der Waals surface area (Å²) in [7, 11) is 3.34. The summed E-state index contributed by atoms with van der Waals surface area (Å²) in [4.78, 5) is 26.2. The summed E-state index contributed by atoms with van der Waals surface area (Å²) in [6, 6.07) is 9.01. The van der Waals surface area contributed by atoms with E-state index in [-0.39, 0.29) is 18.2 Å². The Balaban J connectivity index is 1.73. The Bertz CT molecular complexity index is 740. The zero-order valence-electron chi connectivity index (χ0n) is 13.0. The Kier molecular flexibility index (Phi) is 4.01. The topological polar surface area (TPSA) is 76.5 Å². The van der Waals surface area contributed by atoms with Crippen molar-refractivity contribution < 1.29 is 14.3 Å². The molecule has 120 valence electrons. The number of aromatic nitrogens is 2. The number of nitrogens with one attached hydrogen (secondary N) is 1. The number of nitrogens with zero attached hydrogens (tertiary/aromatic N) is 3. The molecule has 1 N–H and O–H groups in total. The van der Waals surface area contributed by atoms with Crippen molar-refractivity contribution in [1.82, 2.24) is 9.78 Å². The van der Waals surface area contributed by atoms with Gasteiger partial charge in [0.1, 0.15) is 5.75 Å². The van der Waals surface area contributed by atoms with E-state index in [1.54, 1.807) is 42.1 Å². The van der Waals surface area contributed by atoms with E-state index in [9.17, 15) is 9.59 Å². The molecular weight excluding hydrogens is 296 g/mol. The molecule has 3 rings (SSSR count). The molecule has 1 aromatic heterocycles. The van der Waals surface area contributed by atoms with Crippen LogP contribution in [0.4, 0.5) is 11.5 Å². The number of carbonyl (C=O) groups excluding carboxylic acids is 2. The van der Waals surface area contributed by atoms with Crippen LogP contribution in [0, 0.1) is 5.92 Å². The first-order valence-corrected chi connectivity index (χ1v) is 7.32. The molecule has 0 aliphatic carbocycles. The molecule has 7 nitrogen and oxygen atoms in total. The van der Waals surface area contributed by atoms with Gasteiger partial charge >= 0.3 is 0 Å². The summed E-state index contributed by atoms with van der Waals surface area (Å²) in [5.74, 6) is 0.409. The quantitative estimate of drug-likeness (QED) is 0.926. The molecule has 0 bridgehead atoms. The average Bonchev–Trinajstić information content (AvgIpc) is 3.13. The first kappa shape index (κ1) is 15.1. The summed E-state index contributed by atoms with van der Waals surface area (Å²) in [6.07, 6.45) is 1.92. The minimum atomic E-state index is -0.408. The maximum Gasteiger partial charge on any atom is 0.231 e. The van der Waals surface area contributed by atoms with Gasteiger partial charge in [0, 0.05) is 32.3 Å². The van der Waals surface area contributed by atoms with Crippen molar-refractivity contribution >= 4 is 23.3 Å². The zero-order chi connectivity index (χ0) is 16.4. The van der Waals surface area contributed by atoms with Gasteiger partial charge in [-0.3, -0.25) is 14.3 Å². The highest BCUT2D eigenvalue weighted by Gasteiger charge is 2.36. The van der Waals surface area contributed by atoms with Crippen LogP contribution in [0.3, 0.4) is 0 Å². The van der Waals surface area contributed by atoms with Crippen LogP contribution in [0.25, 0.3) is 0 Å². The largest absolute Gasteiger partial charge is 0.495 e. The van der Waals surface area contributed by atoms with Crippen molar-refractivity contribution in [3.8, 4) is 5.75 Å². The van der Waals surface area contributed by atoms with Crippen molar-refractivity contribution in [3.63, 3.8) is 0 Å². The number of methoxy groups -OCH3 is 1. The fourth-order valence-corrected chi connectivity index (χ4v) is 2.68. The smallest absolute Gasteiger partial charge is 0.231 e. The van der Waals surface area contributed by atoms with Gasteiger partial charge in [0.05, 0.1) is 18.7 Å². The third-order valence-electron chi connectivity index (χ3n) is 3.84. The van der Waals surface area contributed by atoms with Crippen LogP contribution >= 0.6 is 0 Å². The molecule has 2 amide bonds. The van der Waals surface area contributed by atoms with E-state index in [4.69, 9.17) is 4.74 Å². The van der Waals surface area contributed by atoms with Crippen LogP contribution in [-0.4, -0.2) is 35.2 Å². The predicted octanol–water partition coefficient (Wildman–Crippen LogP) is 1.42. The lowest BCUT2D eigenvalue weighted by Gasteiger charge is -2.19. The van der Waals surface area contributed by atoms with Crippen molar-refractivity contribution in [1.29, 1.82) is 0 Å². The monoisotopic (exact) mass is 314 g/mol. The molecule has 1 aliphatic rings. The third-order valence-corrected chi connectivity index (χ3v) is 3.84. The maximum absolute atomic E-state index is 12.3. The van der Waals surface area contributed by atoms with Gasteiger partial charge in [-0.05, 0) is 12.1 Å². The second-order valence-corrected chi connectivity index (χ2v) is 5.44. The Morgan fingerprint density at radius 3 is 2.83 bits per heavy atom. The highest BCUT2D eigenvalue weighted by atomic mass is 16.5. The van der Waals surface area contributed by atoms with E-state index in [0.29, 0.717) is 23.8 Å². The SMILES string of the molecule is COc1ccccc1N1C[C@@H](C(=O)Nc2ccn(C)n2)CC1=O. The van der Waals surface area contributed by atoms with E-state index in [0.717, 1.165) is 0 Å². The molecule has 1 aliphatic heterocycles. The van der Waals surface area contributed by atoms with Crippen LogP contribution in [-0.2, 0) is 16.6 Å². The number of para-hydroxylation sites is 2. The number of anilines is 2. The van der Waals surface area contributed by atoms with Crippen molar-refractivity contribution in [2.75, 3.05) is 23.9 Å². The normalized spacial score (nSPS) is 17.4. The first-order chi connectivity index (χ1) is 11.1. The molecule has 2 aromatic rings. The van der Waals surface area contributed by atoms with Crippen LogP contribution in [0.5, 0.6) is 5.75 Å². The number of benzene rings is 1. The molecule has 0 unspecified atom stereocenters. The van der Waals surface area contributed by atoms with Crippen LogP contribution in [0.15, 0.2) is 36.5 Å². The molecule has 1 fully saturated rings. The number of amides is 2. The van der Waals surface area contributed by atoms with Gasteiger partial charge in [0.2, 0.25) is 11.8 Å². The molecular formula is C16H18N4O3. The van der Waals surface area contributed by atoms with Gasteiger partial charge in [-0.1, -0.05) is 12.1 Å². The average molecular weight is 314 g/mol. The highest BCUT2D eigenvalue weighted by molar-refractivity contribution is 6.03. The number of ether oxygens (including phenoxy) is 1. The number of rotatable bonds is 4. The zero-order valence-corrected chi connectivity index (χ0v) is 13.0. The molecule has 1 atom stereocenters. The minimum absolute atomic E-state index is 0.0873. The molecule has 0 radical (unpaired) electrons. The summed E-state index contributed by atoms with van der Waals surface area (Å²) < 4.78 is 6.90. The van der Waals surface area contributed by atoms with Gasteiger partial charge < -0.3 is 15.0 Å². The Morgan fingerprint density at radius 1 is 1.35 bits per heavy atom. The van der Waals surface area contributed by atoms with Crippen LogP contribution in [0.2, 0.25) is 0 Å². The second kappa shape index (κ2) is 6.12. The third kappa shape index (κ3) is 3.03. The highest BCUT2D eigenvalue weighted by Crippen LogP contribution is 2.32. The van der Waals surface area contributed by atoms with Gasteiger partial charge in [0.25, 0.3) is 0 Å². The molecule has 0 spiro atoms. The molecule has 7 heteroatoms. The number of aryl methyl sites for hydroxylation is 1. The van der Waals surface area contributed by atoms with E-state index < -0.39 is 5.92 Å². The molecule has 23 heavy (non-hydrogen) atoms. The molecule has 0 saturated carbocycles. The molecule has 2 heterocycles. The molecule has 1 saturated heterocycles. The first-order valence-electron chi connectivity index (χ1n) is 7.32. The Morgan fingerprint density at radius 2 is 2.13 bits per heavy atom. The maximum atomic E-state index is 12.3. The van der Waals surface area contributed by atoms with E-state index >= 15 is 0 Å². The number of hydrogen-bond acceptors (Lipinski definition) is 4. The van der Waals surface area contributed by atoms with Gasteiger partial charge in [-0.2, -0.15) is 5.10 Å². The van der Waals surface area contributed by atoms with E-state index in [2.05, 4.69) is 10.4 Å².